The molecular weight excluding hydrogens is 560 g/mol. The van der Waals surface area contributed by atoms with Crippen molar-refractivity contribution in [3.05, 3.63) is 90.5 Å². The maximum atomic E-state index is 13.2. The largest absolute Gasteiger partial charge is 0.508 e. The lowest BCUT2D eigenvalue weighted by molar-refractivity contribution is -0.115. The number of amides is 1. The van der Waals surface area contributed by atoms with Gasteiger partial charge in [-0.2, -0.15) is 5.11 Å². The zero-order valence-electron chi connectivity index (χ0n) is 21.6. The van der Waals surface area contributed by atoms with Crippen LogP contribution >= 0.6 is 23.1 Å². The van der Waals surface area contributed by atoms with Crippen molar-refractivity contribution in [3.63, 3.8) is 0 Å². The molecule has 0 radical (unpaired) electrons. The molecule has 1 amide bonds. The number of rotatable bonds is 7. The third-order valence-electron chi connectivity index (χ3n) is 6.22. The number of para-hydroxylation sites is 1. The summed E-state index contributed by atoms with van der Waals surface area (Å²) < 4.78 is 6.26. The summed E-state index contributed by atoms with van der Waals surface area (Å²) in [5.41, 5.74) is 3.10. The van der Waals surface area contributed by atoms with E-state index in [0.717, 1.165) is 10.2 Å². The molecule has 0 bridgehead atoms. The summed E-state index contributed by atoms with van der Waals surface area (Å²) in [5.74, 6) is 0.565. The summed E-state index contributed by atoms with van der Waals surface area (Å²) in [7, 11) is 1.57. The number of ether oxygens (including phenoxy) is 1. The number of methoxy groups -OCH3 is 1. The number of phenolic OH excluding ortho intramolecular Hbond substituents is 2. The van der Waals surface area contributed by atoms with Crippen LogP contribution in [0.15, 0.2) is 105 Å². The van der Waals surface area contributed by atoms with Crippen molar-refractivity contribution in [2.24, 2.45) is 20.5 Å². The summed E-state index contributed by atoms with van der Waals surface area (Å²) in [6.45, 7) is 0. The normalized spacial score (nSPS) is 15.5. The van der Waals surface area contributed by atoms with E-state index in [-0.39, 0.29) is 23.2 Å². The van der Waals surface area contributed by atoms with E-state index in [0.29, 0.717) is 39.2 Å². The number of hydrogen-bond acceptors (Lipinski definition) is 11. The first kappa shape index (κ1) is 26.4. The second kappa shape index (κ2) is 11.4. The standard InChI is InChI=1S/C29H22N6O4S2/c1-39-20-6-4-5-17(13-20)31-33-22-11-10-19(36)15-24(22)35-27(38)16-40-28(35)21-14-18(9-12-25(21)37)32-34-29-30-23-7-2-3-8-26(23)41-29/h2-15,28,36-37H,16H2,1H3. The van der Waals surface area contributed by atoms with Crippen LogP contribution in [0.25, 0.3) is 10.2 Å². The Balaban J connectivity index is 1.33. The van der Waals surface area contributed by atoms with E-state index in [1.165, 1.54) is 46.2 Å². The lowest BCUT2D eigenvalue weighted by Crippen LogP contribution is -2.27. The third-order valence-corrected chi connectivity index (χ3v) is 8.34. The van der Waals surface area contributed by atoms with E-state index in [2.05, 4.69) is 25.4 Å². The Kier molecular flexibility index (Phi) is 7.32. The number of benzene rings is 4. The zero-order chi connectivity index (χ0) is 28.3. The monoisotopic (exact) mass is 582 g/mol. The highest BCUT2D eigenvalue weighted by Crippen LogP contribution is 2.49. The summed E-state index contributed by atoms with van der Waals surface area (Å²) in [6.07, 6.45) is 0. The van der Waals surface area contributed by atoms with E-state index in [1.54, 1.807) is 49.6 Å². The van der Waals surface area contributed by atoms with Gasteiger partial charge in [-0.1, -0.05) is 29.5 Å². The Morgan fingerprint density at radius 3 is 2.59 bits per heavy atom. The molecule has 1 atom stereocenters. The number of carbonyl (C=O) groups is 1. The number of thioether (sulfide) groups is 1. The van der Waals surface area contributed by atoms with Crippen molar-refractivity contribution >= 4 is 67.1 Å². The number of aromatic hydroxyl groups is 2. The van der Waals surface area contributed by atoms with Gasteiger partial charge < -0.3 is 14.9 Å². The number of thiazole rings is 1. The van der Waals surface area contributed by atoms with Crippen LogP contribution in [-0.4, -0.2) is 34.0 Å². The molecule has 1 aliphatic rings. The fraction of sp³-hybridized carbons (Fsp3) is 0.103. The van der Waals surface area contributed by atoms with Crippen LogP contribution < -0.4 is 9.64 Å². The number of anilines is 1. The van der Waals surface area contributed by atoms with Gasteiger partial charge in [-0.3, -0.25) is 9.69 Å². The fourth-order valence-electron chi connectivity index (χ4n) is 4.29. The first-order valence-electron chi connectivity index (χ1n) is 12.4. The molecule has 1 fully saturated rings. The lowest BCUT2D eigenvalue weighted by Gasteiger charge is -2.26. The Bertz CT molecular complexity index is 1790. The molecule has 0 aliphatic carbocycles. The highest BCUT2D eigenvalue weighted by Gasteiger charge is 2.37. The van der Waals surface area contributed by atoms with Gasteiger partial charge in [0.05, 0.1) is 40.1 Å². The predicted molar refractivity (Wildman–Crippen MR) is 160 cm³/mol. The first-order valence-corrected chi connectivity index (χ1v) is 14.3. The zero-order valence-corrected chi connectivity index (χ0v) is 23.2. The van der Waals surface area contributed by atoms with Gasteiger partial charge in [0.2, 0.25) is 11.0 Å². The van der Waals surface area contributed by atoms with E-state index in [4.69, 9.17) is 4.74 Å². The van der Waals surface area contributed by atoms with E-state index in [1.807, 2.05) is 24.3 Å². The smallest absolute Gasteiger partial charge is 0.238 e. The van der Waals surface area contributed by atoms with Crippen molar-refractivity contribution < 1.29 is 19.7 Å². The lowest BCUT2D eigenvalue weighted by atomic mass is 10.1. The maximum absolute atomic E-state index is 13.2. The van der Waals surface area contributed by atoms with E-state index in [9.17, 15) is 15.0 Å². The van der Waals surface area contributed by atoms with E-state index < -0.39 is 5.37 Å². The van der Waals surface area contributed by atoms with E-state index >= 15 is 0 Å². The highest BCUT2D eigenvalue weighted by atomic mass is 32.2. The van der Waals surface area contributed by atoms with Crippen molar-refractivity contribution in [3.8, 4) is 17.2 Å². The molecule has 12 heteroatoms. The van der Waals surface area contributed by atoms with Gasteiger partial charge in [-0.15, -0.1) is 27.1 Å². The van der Waals surface area contributed by atoms with Gasteiger partial charge in [0.1, 0.15) is 28.3 Å². The van der Waals surface area contributed by atoms with Crippen LogP contribution in [0.2, 0.25) is 0 Å². The number of azo groups is 2. The summed E-state index contributed by atoms with van der Waals surface area (Å²) in [6, 6.07) is 24.2. The molecule has 41 heavy (non-hydrogen) atoms. The quantitative estimate of drug-likeness (QED) is 0.185. The molecule has 4 aromatic carbocycles. The minimum Gasteiger partial charge on any atom is -0.508 e. The highest BCUT2D eigenvalue weighted by molar-refractivity contribution is 8.00. The summed E-state index contributed by atoms with van der Waals surface area (Å²) >= 11 is 2.77. The van der Waals surface area contributed by atoms with Gasteiger partial charge in [0, 0.05) is 17.7 Å². The SMILES string of the molecule is COc1cccc(N=Nc2ccc(O)cc2N2C(=O)CSC2c2cc(N=Nc3nc4ccccc4s3)ccc2O)c1. The van der Waals surface area contributed by atoms with Crippen LogP contribution in [0.5, 0.6) is 17.2 Å². The fourth-order valence-corrected chi connectivity index (χ4v) is 6.27. The van der Waals surface area contributed by atoms with Crippen LogP contribution in [0.4, 0.5) is 27.9 Å². The number of phenols is 2. The van der Waals surface area contributed by atoms with Crippen LogP contribution in [0, 0.1) is 0 Å². The molecule has 6 rings (SSSR count). The van der Waals surface area contributed by atoms with Gasteiger partial charge in [0.15, 0.2) is 0 Å². The molecule has 10 nitrogen and oxygen atoms in total. The Morgan fingerprint density at radius 2 is 1.73 bits per heavy atom. The van der Waals surface area contributed by atoms with Gasteiger partial charge in [-0.05, 0) is 54.6 Å². The van der Waals surface area contributed by atoms with Crippen molar-refractivity contribution in [1.82, 2.24) is 4.98 Å². The molecule has 1 saturated heterocycles. The topological polar surface area (TPSA) is 132 Å². The van der Waals surface area contributed by atoms with Crippen LogP contribution in [0.3, 0.4) is 0 Å². The van der Waals surface area contributed by atoms with Crippen LogP contribution in [-0.2, 0) is 4.79 Å². The third kappa shape index (κ3) is 5.60. The average molecular weight is 583 g/mol. The molecule has 204 valence electrons. The molecule has 5 aromatic rings. The Labute approximate surface area is 242 Å². The second-order valence-electron chi connectivity index (χ2n) is 8.91. The maximum Gasteiger partial charge on any atom is 0.238 e. The second-order valence-corrected chi connectivity index (χ2v) is 11.0. The Morgan fingerprint density at radius 1 is 0.902 bits per heavy atom. The number of fused-ring (bicyclic) bond motifs is 1. The number of carbonyl (C=O) groups excluding carboxylic acids is 1. The molecule has 0 saturated carbocycles. The number of hydrogen-bond donors (Lipinski definition) is 2. The van der Waals surface area contributed by atoms with Gasteiger partial charge in [0.25, 0.3) is 0 Å². The van der Waals surface area contributed by atoms with Gasteiger partial charge in [-0.25, -0.2) is 4.98 Å². The molecule has 1 aliphatic heterocycles. The Hall–Kier alpha value is -4.81. The van der Waals surface area contributed by atoms with Crippen LogP contribution in [0.1, 0.15) is 10.9 Å². The molecule has 2 heterocycles. The molecule has 0 spiro atoms. The minimum absolute atomic E-state index is 0.000784. The van der Waals surface area contributed by atoms with Crippen molar-refractivity contribution in [1.29, 1.82) is 0 Å². The summed E-state index contributed by atoms with van der Waals surface area (Å²) in [5, 5.41) is 38.3. The molecule has 1 unspecified atom stereocenters. The first-order chi connectivity index (χ1) is 20.0. The molecule has 2 N–H and O–H groups in total. The number of aromatic nitrogens is 1. The average Bonchev–Trinajstić information content (AvgIpc) is 3.59. The molecule has 1 aromatic heterocycles. The number of nitrogens with zero attached hydrogens (tertiary/aromatic N) is 6. The molecular formula is C29H22N6O4S2. The predicted octanol–water partition coefficient (Wildman–Crippen LogP) is 8.33. The minimum atomic E-state index is -0.604. The van der Waals surface area contributed by atoms with Gasteiger partial charge >= 0.3 is 0 Å². The van der Waals surface area contributed by atoms with Crippen molar-refractivity contribution in [2.45, 2.75) is 5.37 Å². The summed E-state index contributed by atoms with van der Waals surface area (Å²) in [4.78, 5) is 19.2. The van der Waals surface area contributed by atoms with Crippen molar-refractivity contribution in [2.75, 3.05) is 17.8 Å².